The second-order valence-electron chi connectivity index (χ2n) is 5.05. The number of primary sulfonamides is 1. The molecular weight excluding hydrogens is 396 g/mol. The standard InChI is InChI=1S/C12H18N2O8S3/c1-4-22-12(15)10-6-5-9(7-11(10)25(13,20)21)8-14(23(2,16)17)24(3,18)19/h5-7H,4,8H2,1-3H3,(H2,13,20,21). The van der Waals surface area contributed by atoms with E-state index in [1.807, 2.05) is 0 Å². The van der Waals surface area contributed by atoms with E-state index < -0.39 is 47.5 Å². The molecule has 1 aromatic carbocycles. The predicted molar refractivity (Wildman–Crippen MR) is 89.0 cm³/mol. The highest BCUT2D eigenvalue weighted by atomic mass is 32.3. The van der Waals surface area contributed by atoms with E-state index in [1.165, 1.54) is 13.0 Å². The highest BCUT2D eigenvalue weighted by Crippen LogP contribution is 2.20. The van der Waals surface area contributed by atoms with Gasteiger partial charge in [0.1, 0.15) is 0 Å². The van der Waals surface area contributed by atoms with Crippen molar-refractivity contribution in [2.45, 2.75) is 18.4 Å². The maximum absolute atomic E-state index is 11.8. The molecule has 2 N–H and O–H groups in total. The minimum atomic E-state index is -4.34. The number of carbonyl (C=O) groups is 1. The Morgan fingerprint density at radius 2 is 1.60 bits per heavy atom. The summed E-state index contributed by atoms with van der Waals surface area (Å²) in [4.78, 5) is 11.2. The molecule has 25 heavy (non-hydrogen) atoms. The zero-order valence-corrected chi connectivity index (χ0v) is 16.1. The predicted octanol–water partition coefficient (Wildman–Crippen LogP) is -0.768. The summed E-state index contributed by atoms with van der Waals surface area (Å²) in [6.45, 7) is 0.878. The fraction of sp³-hybridized carbons (Fsp3) is 0.417. The average molecular weight is 414 g/mol. The van der Waals surface area contributed by atoms with Crippen LogP contribution in [-0.2, 0) is 41.4 Å². The molecule has 0 radical (unpaired) electrons. The van der Waals surface area contributed by atoms with Crippen molar-refractivity contribution in [1.29, 1.82) is 0 Å². The number of esters is 1. The summed E-state index contributed by atoms with van der Waals surface area (Å²) in [5, 5.41) is 5.08. The number of carbonyl (C=O) groups excluding carboxylic acids is 1. The number of benzene rings is 1. The van der Waals surface area contributed by atoms with E-state index in [0.29, 0.717) is 12.5 Å². The number of nitrogens with two attached hydrogens (primary N) is 1. The second-order valence-corrected chi connectivity index (χ2v) is 10.6. The molecule has 0 amide bonds. The van der Waals surface area contributed by atoms with Crippen molar-refractivity contribution in [3.05, 3.63) is 29.3 Å². The zero-order valence-electron chi connectivity index (χ0n) is 13.7. The maximum Gasteiger partial charge on any atom is 0.339 e. The lowest BCUT2D eigenvalue weighted by Gasteiger charge is -2.18. The van der Waals surface area contributed by atoms with Gasteiger partial charge in [0.2, 0.25) is 30.1 Å². The quantitative estimate of drug-likeness (QED) is 0.570. The Morgan fingerprint density at radius 3 is 2.00 bits per heavy atom. The molecule has 0 aliphatic heterocycles. The first kappa shape index (κ1) is 21.5. The lowest BCUT2D eigenvalue weighted by Crippen LogP contribution is -2.34. The Morgan fingerprint density at radius 1 is 1.08 bits per heavy atom. The molecule has 0 aromatic heterocycles. The van der Waals surface area contributed by atoms with E-state index in [-0.39, 0.29) is 21.4 Å². The van der Waals surface area contributed by atoms with Gasteiger partial charge in [-0.05, 0) is 24.6 Å². The Balaban J connectivity index is 3.48. The van der Waals surface area contributed by atoms with Gasteiger partial charge >= 0.3 is 5.97 Å². The molecule has 0 spiro atoms. The number of hydrogen-bond donors (Lipinski definition) is 1. The summed E-state index contributed by atoms with van der Waals surface area (Å²) < 4.78 is 75.0. The molecule has 0 aliphatic carbocycles. The van der Waals surface area contributed by atoms with Crippen molar-refractivity contribution in [3.63, 3.8) is 0 Å². The summed E-state index contributed by atoms with van der Waals surface area (Å²) in [5.74, 6) is -0.929. The maximum atomic E-state index is 11.8. The number of rotatable bonds is 7. The molecule has 0 unspecified atom stereocenters. The number of sulfonamides is 3. The number of nitrogens with zero attached hydrogens (tertiary/aromatic N) is 1. The van der Waals surface area contributed by atoms with Crippen LogP contribution in [0.4, 0.5) is 0 Å². The first-order valence-corrected chi connectivity index (χ1v) is 11.9. The average Bonchev–Trinajstić information content (AvgIpc) is 2.41. The molecule has 1 rings (SSSR count). The number of ether oxygens (including phenoxy) is 1. The van der Waals surface area contributed by atoms with Gasteiger partial charge in [-0.15, -0.1) is 0 Å². The van der Waals surface area contributed by atoms with Crippen LogP contribution in [0.1, 0.15) is 22.8 Å². The first-order valence-electron chi connectivity index (χ1n) is 6.68. The third-order valence-corrected chi connectivity index (χ3v) is 7.21. The monoisotopic (exact) mass is 414 g/mol. The van der Waals surface area contributed by atoms with Crippen molar-refractivity contribution >= 4 is 36.0 Å². The normalized spacial score (nSPS) is 13.0. The van der Waals surface area contributed by atoms with Crippen molar-refractivity contribution < 1.29 is 34.8 Å². The van der Waals surface area contributed by atoms with Gasteiger partial charge in [0.15, 0.2) is 0 Å². The van der Waals surface area contributed by atoms with Crippen LogP contribution in [0.25, 0.3) is 0 Å². The van der Waals surface area contributed by atoms with E-state index in [4.69, 9.17) is 9.88 Å². The minimum absolute atomic E-state index is 0.000574. The smallest absolute Gasteiger partial charge is 0.339 e. The number of hydrogen-bond acceptors (Lipinski definition) is 8. The summed E-state index contributed by atoms with van der Waals surface area (Å²) in [6, 6.07) is 3.23. The fourth-order valence-corrected chi connectivity index (χ4v) is 5.42. The second kappa shape index (κ2) is 7.37. The first-order chi connectivity index (χ1) is 11.2. The van der Waals surface area contributed by atoms with Crippen LogP contribution in [0.15, 0.2) is 23.1 Å². The van der Waals surface area contributed by atoms with Crippen molar-refractivity contribution in [3.8, 4) is 0 Å². The molecule has 0 fully saturated rings. The molecule has 0 heterocycles. The molecule has 0 aliphatic rings. The van der Waals surface area contributed by atoms with Crippen LogP contribution in [0.3, 0.4) is 0 Å². The largest absolute Gasteiger partial charge is 0.462 e. The molecule has 10 nitrogen and oxygen atoms in total. The lowest BCUT2D eigenvalue weighted by molar-refractivity contribution is 0.0521. The van der Waals surface area contributed by atoms with E-state index >= 15 is 0 Å². The molecule has 0 saturated heterocycles. The highest BCUT2D eigenvalue weighted by molar-refractivity contribution is 8.03. The zero-order chi connectivity index (χ0) is 19.6. The third-order valence-electron chi connectivity index (χ3n) is 2.90. The van der Waals surface area contributed by atoms with Crippen molar-refractivity contribution in [2.24, 2.45) is 5.14 Å². The Bertz CT molecular complexity index is 949. The van der Waals surface area contributed by atoms with Crippen LogP contribution in [0.2, 0.25) is 0 Å². The van der Waals surface area contributed by atoms with Gasteiger partial charge in [-0.3, -0.25) is 0 Å². The van der Waals surface area contributed by atoms with Crippen LogP contribution in [0.5, 0.6) is 0 Å². The van der Waals surface area contributed by atoms with Gasteiger partial charge in [0.25, 0.3) is 0 Å². The van der Waals surface area contributed by atoms with Gasteiger partial charge in [-0.25, -0.2) is 35.2 Å². The Labute approximate surface area is 146 Å². The van der Waals surface area contributed by atoms with Gasteiger partial charge in [-0.2, -0.15) is 0 Å². The lowest BCUT2D eigenvalue weighted by atomic mass is 10.1. The third kappa shape index (κ3) is 5.74. The van der Waals surface area contributed by atoms with Gasteiger partial charge in [-0.1, -0.05) is 9.78 Å². The molecule has 1 aromatic rings. The van der Waals surface area contributed by atoms with Crippen LogP contribution >= 0.6 is 0 Å². The summed E-state index contributed by atoms with van der Waals surface area (Å²) in [5.41, 5.74) is -0.328. The molecule has 0 bridgehead atoms. The Hall–Kier alpha value is -1.54. The molecular formula is C12H18N2O8S3. The SMILES string of the molecule is CCOC(=O)c1ccc(CN(S(C)(=O)=O)S(C)(=O)=O)cc1S(N)(=O)=O. The fourth-order valence-electron chi connectivity index (χ4n) is 1.91. The van der Waals surface area contributed by atoms with Gasteiger partial charge < -0.3 is 4.74 Å². The van der Waals surface area contributed by atoms with Crippen LogP contribution < -0.4 is 5.14 Å². The highest BCUT2D eigenvalue weighted by Gasteiger charge is 2.28. The minimum Gasteiger partial charge on any atom is -0.462 e. The van der Waals surface area contributed by atoms with Gasteiger partial charge in [0, 0.05) is 0 Å². The molecule has 0 atom stereocenters. The Kier molecular flexibility index (Phi) is 6.34. The van der Waals surface area contributed by atoms with Crippen LogP contribution in [-0.4, -0.2) is 54.1 Å². The van der Waals surface area contributed by atoms with E-state index in [0.717, 1.165) is 12.1 Å². The van der Waals surface area contributed by atoms with Crippen molar-refractivity contribution in [1.82, 2.24) is 3.71 Å². The summed E-state index contributed by atoms with van der Waals surface area (Å²) in [6.07, 6.45) is 1.39. The van der Waals surface area contributed by atoms with E-state index in [9.17, 15) is 30.0 Å². The molecule has 13 heteroatoms. The summed E-state index contributed by atoms with van der Waals surface area (Å²) >= 11 is 0. The van der Waals surface area contributed by atoms with Crippen molar-refractivity contribution in [2.75, 3.05) is 19.1 Å². The summed E-state index contributed by atoms with van der Waals surface area (Å²) in [7, 11) is -12.6. The molecule has 142 valence electrons. The van der Waals surface area contributed by atoms with Crippen LogP contribution in [0, 0.1) is 0 Å². The van der Waals surface area contributed by atoms with Gasteiger partial charge in [0.05, 0.1) is 36.1 Å². The van der Waals surface area contributed by atoms with E-state index in [2.05, 4.69) is 0 Å². The topological polar surface area (TPSA) is 158 Å². The van der Waals surface area contributed by atoms with E-state index in [1.54, 1.807) is 0 Å². The molecule has 0 saturated carbocycles.